The molecule has 0 saturated carbocycles. The fourth-order valence-corrected chi connectivity index (χ4v) is 4.64. The zero-order chi connectivity index (χ0) is 24.8. The summed E-state index contributed by atoms with van der Waals surface area (Å²) in [6.45, 7) is 1.60. The summed E-state index contributed by atoms with van der Waals surface area (Å²) in [4.78, 5) is 37.2. The van der Waals surface area contributed by atoms with Crippen molar-refractivity contribution in [3.05, 3.63) is 99.4 Å². The molecule has 2 amide bonds. The number of nitrogens with one attached hydrogen (secondary N) is 2. The highest BCUT2D eigenvalue weighted by Gasteiger charge is 2.19. The standard InChI is InChI=1S/C26H20ClN3O4S/c1-16-7-2-3-10-19(16)25(32)28-15-22(31)30-29-14-17-8-6-9-18(13-17)34-26(33)24-23(27)20-11-4-5-12-21(20)35-24/h2-14H,15H2,1H3,(H,28,32)(H,30,31). The molecule has 0 unspecified atom stereocenters. The Bertz CT molecular complexity index is 1450. The van der Waals surface area contributed by atoms with Gasteiger partial charge in [-0.15, -0.1) is 11.3 Å². The van der Waals surface area contributed by atoms with Crippen molar-refractivity contribution in [3.8, 4) is 5.75 Å². The number of hydrogen-bond donors (Lipinski definition) is 2. The Hall–Kier alpha value is -4.01. The highest BCUT2D eigenvalue weighted by atomic mass is 35.5. The van der Waals surface area contributed by atoms with E-state index in [9.17, 15) is 14.4 Å². The molecule has 1 aromatic heterocycles. The SMILES string of the molecule is Cc1ccccc1C(=O)NCC(=O)NN=Cc1cccc(OC(=O)c2sc3ccccc3c2Cl)c1. The summed E-state index contributed by atoms with van der Waals surface area (Å²) in [5, 5.41) is 7.62. The van der Waals surface area contributed by atoms with Crippen LogP contribution < -0.4 is 15.5 Å². The summed E-state index contributed by atoms with van der Waals surface area (Å²) in [6, 6.07) is 21.3. The number of thiophene rings is 1. The Morgan fingerprint density at radius 2 is 1.80 bits per heavy atom. The lowest BCUT2D eigenvalue weighted by molar-refractivity contribution is -0.120. The lowest BCUT2D eigenvalue weighted by Crippen LogP contribution is -2.35. The number of carbonyl (C=O) groups excluding carboxylic acids is 3. The van der Waals surface area contributed by atoms with Crippen molar-refractivity contribution in [2.45, 2.75) is 6.92 Å². The Balaban J connectivity index is 1.32. The number of aryl methyl sites for hydroxylation is 1. The molecule has 4 rings (SSSR count). The second-order valence-corrected chi connectivity index (χ2v) is 8.92. The van der Waals surface area contributed by atoms with Gasteiger partial charge in [0.25, 0.3) is 11.8 Å². The number of amides is 2. The maximum atomic E-state index is 12.6. The van der Waals surface area contributed by atoms with E-state index in [2.05, 4.69) is 15.8 Å². The van der Waals surface area contributed by atoms with E-state index in [0.29, 0.717) is 26.8 Å². The quantitative estimate of drug-likeness (QED) is 0.160. The first kappa shape index (κ1) is 24.1. The first-order chi connectivity index (χ1) is 16.9. The highest BCUT2D eigenvalue weighted by molar-refractivity contribution is 7.21. The van der Waals surface area contributed by atoms with E-state index in [1.54, 1.807) is 36.4 Å². The van der Waals surface area contributed by atoms with Crippen LogP contribution in [-0.4, -0.2) is 30.5 Å². The van der Waals surface area contributed by atoms with Crippen molar-refractivity contribution in [2.24, 2.45) is 5.10 Å². The molecule has 0 atom stereocenters. The van der Waals surface area contributed by atoms with Crippen LogP contribution in [0, 0.1) is 6.92 Å². The molecular weight excluding hydrogens is 486 g/mol. The Kier molecular flexibility index (Phi) is 7.54. The molecule has 1 heterocycles. The number of benzene rings is 3. The molecule has 0 fully saturated rings. The van der Waals surface area contributed by atoms with Crippen LogP contribution >= 0.6 is 22.9 Å². The van der Waals surface area contributed by atoms with Crippen molar-refractivity contribution in [2.75, 3.05) is 6.54 Å². The number of halogens is 1. The Labute approximate surface area is 210 Å². The van der Waals surface area contributed by atoms with Crippen LogP contribution in [0.3, 0.4) is 0 Å². The topological polar surface area (TPSA) is 96.9 Å². The van der Waals surface area contributed by atoms with E-state index in [1.807, 2.05) is 43.3 Å². The third kappa shape index (κ3) is 5.92. The third-order valence-electron chi connectivity index (χ3n) is 4.99. The molecule has 35 heavy (non-hydrogen) atoms. The number of hydrazone groups is 1. The van der Waals surface area contributed by atoms with Gasteiger partial charge in [-0.25, -0.2) is 10.2 Å². The van der Waals surface area contributed by atoms with Crippen LogP contribution in [0.5, 0.6) is 5.75 Å². The highest BCUT2D eigenvalue weighted by Crippen LogP contribution is 2.35. The number of carbonyl (C=O) groups is 3. The molecule has 0 aliphatic rings. The number of ether oxygens (including phenoxy) is 1. The fourth-order valence-electron chi connectivity index (χ4n) is 3.26. The van der Waals surface area contributed by atoms with Crippen molar-refractivity contribution >= 4 is 57.0 Å². The summed E-state index contributed by atoms with van der Waals surface area (Å²) in [6.07, 6.45) is 1.41. The van der Waals surface area contributed by atoms with Crippen molar-refractivity contribution in [1.29, 1.82) is 0 Å². The van der Waals surface area contributed by atoms with Gasteiger partial charge in [0.15, 0.2) is 0 Å². The maximum absolute atomic E-state index is 12.6. The van der Waals surface area contributed by atoms with Gasteiger partial charge in [-0.3, -0.25) is 9.59 Å². The van der Waals surface area contributed by atoms with Gasteiger partial charge in [-0.2, -0.15) is 5.10 Å². The number of nitrogens with zero attached hydrogens (tertiary/aromatic N) is 1. The third-order valence-corrected chi connectivity index (χ3v) is 6.65. The fraction of sp³-hybridized carbons (Fsp3) is 0.0769. The average Bonchev–Trinajstić information content (AvgIpc) is 3.20. The predicted molar refractivity (Wildman–Crippen MR) is 137 cm³/mol. The van der Waals surface area contributed by atoms with Crippen molar-refractivity contribution in [3.63, 3.8) is 0 Å². The molecule has 0 aliphatic carbocycles. The largest absolute Gasteiger partial charge is 0.422 e. The summed E-state index contributed by atoms with van der Waals surface area (Å²) in [5.41, 5.74) is 4.28. The summed E-state index contributed by atoms with van der Waals surface area (Å²) < 4.78 is 6.39. The number of fused-ring (bicyclic) bond motifs is 1. The Morgan fingerprint density at radius 3 is 2.60 bits per heavy atom. The zero-order valence-electron chi connectivity index (χ0n) is 18.6. The van der Waals surface area contributed by atoms with E-state index in [-0.39, 0.29) is 12.5 Å². The van der Waals surface area contributed by atoms with Gasteiger partial charge in [-0.05, 0) is 42.3 Å². The molecule has 0 radical (unpaired) electrons. The molecule has 0 bridgehead atoms. The maximum Gasteiger partial charge on any atom is 0.355 e. The van der Waals surface area contributed by atoms with Gasteiger partial charge >= 0.3 is 5.97 Å². The lowest BCUT2D eigenvalue weighted by Gasteiger charge is -2.06. The van der Waals surface area contributed by atoms with Gasteiger partial charge in [0.05, 0.1) is 17.8 Å². The lowest BCUT2D eigenvalue weighted by atomic mass is 10.1. The smallest absolute Gasteiger partial charge is 0.355 e. The van der Waals surface area contributed by atoms with E-state index < -0.39 is 11.9 Å². The first-order valence-electron chi connectivity index (χ1n) is 10.6. The van der Waals surface area contributed by atoms with E-state index in [4.69, 9.17) is 16.3 Å². The monoisotopic (exact) mass is 505 g/mol. The first-order valence-corrected chi connectivity index (χ1v) is 11.8. The number of rotatable bonds is 7. The minimum atomic E-state index is -0.553. The second kappa shape index (κ2) is 10.9. The van der Waals surface area contributed by atoms with Crippen LogP contribution in [0.4, 0.5) is 0 Å². The van der Waals surface area contributed by atoms with E-state index in [0.717, 1.165) is 15.6 Å². The second-order valence-electron chi connectivity index (χ2n) is 7.49. The predicted octanol–water partition coefficient (Wildman–Crippen LogP) is 4.96. The van der Waals surface area contributed by atoms with Crippen molar-refractivity contribution < 1.29 is 19.1 Å². The van der Waals surface area contributed by atoms with E-state index in [1.165, 1.54) is 17.6 Å². The van der Waals surface area contributed by atoms with Crippen molar-refractivity contribution in [1.82, 2.24) is 10.7 Å². The molecule has 9 heteroatoms. The summed E-state index contributed by atoms with van der Waals surface area (Å²) >= 11 is 7.63. The van der Waals surface area contributed by atoms with Gasteiger partial charge < -0.3 is 10.1 Å². The molecule has 3 aromatic carbocycles. The molecule has 0 spiro atoms. The molecule has 176 valence electrons. The van der Waals surface area contributed by atoms with Crippen LogP contribution in [0.2, 0.25) is 5.02 Å². The molecule has 2 N–H and O–H groups in total. The normalized spacial score (nSPS) is 10.9. The molecule has 4 aromatic rings. The van der Waals surface area contributed by atoms with Crippen LogP contribution in [0.15, 0.2) is 77.9 Å². The Morgan fingerprint density at radius 1 is 1.03 bits per heavy atom. The minimum absolute atomic E-state index is 0.224. The van der Waals surface area contributed by atoms with Gasteiger partial charge in [0, 0.05) is 15.6 Å². The minimum Gasteiger partial charge on any atom is -0.422 e. The van der Waals surface area contributed by atoms with Gasteiger partial charge in [0.1, 0.15) is 10.6 Å². The zero-order valence-corrected chi connectivity index (χ0v) is 20.2. The summed E-state index contributed by atoms with van der Waals surface area (Å²) in [7, 11) is 0. The molecule has 7 nitrogen and oxygen atoms in total. The van der Waals surface area contributed by atoms with E-state index >= 15 is 0 Å². The molecular formula is C26H20ClN3O4S. The molecule has 0 aliphatic heterocycles. The molecule has 0 saturated heterocycles. The average molecular weight is 506 g/mol. The van der Waals surface area contributed by atoms with Crippen LogP contribution in [0.1, 0.15) is 31.2 Å². The number of esters is 1. The van der Waals surface area contributed by atoms with Crippen LogP contribution in [0.25, 0.3) is 10.1 Å². The number of hydrogen-bond acceptors (Lipinski definition) is 6. The van der Waals surface area contributed by atoms with Gasteiger partial charge in [0.2, 0.25) is 0 Å². The summed E-state index contributed by atoms with van der Waals surface area (Å²) in [5.74, 6) is -1.06. The van der Waals surface area contributed by atoms with Crippen LogP contribution in [-0.2, 0) is 4.79 Å². The van der Waals surface area contributed by atoms with Gasteiger partial charge in [-0.1, -0.05) is 60.1 Å².